The van der Waals surface area contributed by atoms with Crippen molar-refractivity contribution in [1.29, 1.82) is 0 Å². The molecular formula is C24H24N4O4. The Bertz CT molecular complexity index is 1260. The molecule has 32 heavy (non-hydrogen) atoms. The van der Waals surface area contributed by atoms with Crippen LogP contribution in [0.2, 0.25) is 0 Å². The first-order chi connectivity index (χ1) is 15.7. The number of amides is 1. The first-order valence-electron chi connectivity index (χ1n) is 10.8. The van der Waals surface area contributed by atoms with Crippen LogP contribution in [0.3, 0.4) is 0 Å². The lowest BCUT2D eigenvalue weighted by molar-refractivity contribution is 0.0940. The molecule has 1 aliphatic rings. The van der Waals surface area contributed by atoms with Gasteiger partial charge in [-0.25, -0.2) is 9.97 Å². The van der Waals surface area contributed by atoms with Gasteiger partial charge in [0.15, 0.2) is 11.4 Å². The molecule has 0 unspecified atom stereocenters. The molecule has 0 atom stereocenters. The van der Waals surface area contributed by atoms with Gasteiger partial charge in [0.1, 0.15) is 16.8 Å². The minimum Gasteiger partial charge on any atom is -0.494 e. The number of ether oxygens (including phenoxy) is 2. The molecule has 8 heteroatoms. The van der Waals surface area contributed by atoms with Crippen molar-refractivity contribution < 1.29 is 18.7 Å². The van der Waals surface area contributed by atoms with Crippen molar-refractivity contribution in [2.75, 3.05) is 37.8 Å². The zero-order valence-corrected chi connectivity index (χ0v) is 17.8. The third kappa shape index (κ3) is 3.85. The maximum absolute atomic E-state index is 13.1. The number of para-hydroxylation sites is 2. The molecule has 1 aliphatic heterocycles. The topological polar surface area (TPSA) is 89.7 Å². The Morgan fingerprint density at radius 1 is 1.09 bits per heavy atom. The van der Waals surface area contributed by atoms with Crippen LogP contribution < -0.4 is 15.0 Å². The van der Waals surface area contributed by atoms with Crippen LogP contribution in [0.15, 0.2) is 52.9 Å². The lowest BCUT2D eigenvalue weighted by atomic mass is 10.2. The van der Waals surface area contributed by atoms with Crippen LogP contribution in [0.4, 0.5) is 5.82 Å². The van der Waals surface area contributed by atoms with Crippen LogP contribution in [0.5, 0.6) is 5.75 Å². The fourth-order valence-electron chi connectivity index (χ4n) is 3.87. The minimum atomic E-state index is -0.349. The first-order valence-corrected chi connectivity index (χ1v) is 10.8. The second-order valence-electron chi connectivity index (χ2n) is 7.47. The Hall–Kier alpha value is -3.65. The van der Waals surface area contributed by atoms with Gasteiger partial charge in [-0.3, -0.25) is 4.79 Å². The summed E-state index contributed by atoms with van der Waals surface area (Å²) < 4.78 is 17.2. The van der Waals surface area contributed by atoms with Crippen molar-refractivity contribution >= 4 is 33.8 Å². The van der Waals surface area contributed by atoms with Gasteiger partial charge < -0.3 is 24.1 Å². The van der Waals surface area contributed by atoms with Gasteiger partial charge in [-0.1, -0.05) is 30.3 Å². The molecule has 4 aromatic rings. The average molecular weight is 432 g/mol. The molecule has 1 fully saturated rings. The Balaban J connectivity index is 1.50. The molecule has 1 N–H and O–H groups in total. The highest BCUT2D eigenvalue weighted by molar-refractivity contribution is 6.07. The maximum atomic E-state index is 13.1. The number of carbonyl (C=O) groups is 1. The zero-order chi connectivity index (χ0) is 21.9. The van der Waals surface area contributed by atoms with E-state index in [2.05, 4.69) is 20.2 Å². The molecule has 1 saturated heterocycles. The molecule has 0 spiro atoms. The van der Waals surface area contributed by atoms with Crippen LogP contribution >= 0.6 is 0 Å². The summed E-state index contributed by atoms with van der Waals surface area (Å²) >= 11 is 0. The number of rotatable bonds is 6. The highest BCUT2D eigenvalue weighted by Gasteiger charge is 2.24. The number of fused-ring (bicyclic) bond motifs is 3. The number of nitrogens with zero attached hydrogens (tertiary/aromatic N) is 3. The number of hydrogen-bond acceptors (Lipinski definition) is 7. The highest BCUT2D eigenvalue weighted by Crippen LogP contribution is 2.33. The second-order valence-corrected chi connectivity index (χ2v) is 7.47. The summed E-state index contributed by atoms with van der Waals surface area (Å²) in [6, 6.07) is 15.3. The Morgan fingerprint density at radius 3 is 2.72 bits per heavy atom. The van der Waals surface area contributed by atoms with E-state index in [0.29, 0.717) is 56.4 Å². The summed E-state index contributed by atoms with van der Waals surface area (Å²) in [7, 11) is 0. The maximum Gasteiger partial charge on any atom is 0.289 e. The van der Waals surface area contributed by atoms with E-state index in [-0.39, 0.29) is 11.7 Å². The van der Waals surface area contributed by atoms with E-state index in [9.17, 15) is 4.79 Å². The normalized spacial score (nSPS) is 14.1. The van der Waals surface area contributed by atoms with Crippen LogP contribution in [0, 0.1) is 0 Å². The van der Waals surface area contributed by atoms with Crippen molar-refractivity contribution in [3.8, 4) is 5.75 Å². The van der Waals surface area contributed by atoms with E-state index in [4.69, 9.17) is 13.9 Å². The third-order valence-corrected chi connectivity index (χ3v) is 5.43. The monoisotopic (exact) mass is 432 g/mol. The van der Waals surface area contributed by atoms with Crippen LogP contribution in [0.1, 0.15) is 23.1 Å². The fraction of sp³-hybridized carbons (Fsp3) is 0.292. The van der Waals surface area contributed by atoms with Gasteiger partial charge in [0, 0.05) is 30.6 Å². The van der Waals surface area contributed by atoms with E-state index in [1.807, 2.05) is 55.5 Å². The molecule has 0 radical (unpaired) electrons. The number of morpholine rings is 1. The van der Waals surface area contributed by atoms with Gasteiger partial charge in [-0.15, -0.1) is 0 Å². The Kier molecular flexibility index (Phi) is 5.60. The third-order valence-electron chi connectivity index (χ3n) is 5.43. The van der Waals surface area contributed by atoms with Crippen molar-refractivity contribution in [3.63, 3.8) is 0 Å². The molecule has 0 saturated carbocycles. The van der Waals surface area contributed by atoms with E-state index in [1.165, 1.54) is 0 Å². The Labute approximate surface area is 185 Å². The van der Waals surface area contributed by atoms with Gasteiger partial charge in [0.25, 0.3) is 5.91 Å². The fourth-order valence-corrected chi connectivity index (χ4v) is 3.87. The van der Waals surface area contributed by atoms with Crippen molar-refractivity contribution in [3.05, 3.63) is 59.9 Å². The number of furan rings is 1. The minimum absolute atomic E-state index is 0.111. The molecule has 2 aromatic carbocycles. The number of anilines is 1. The van der Waals surface area contributed by atoms with Crippen LogP contribution in [0.25, 0.3) is 22.1 Å². The molecule has 8 nitrogen and oxygen atoms in total. The zero-order valence-electron chi connectivity index (χ0n) is 17.8. The number of hydrogen-bond donors (Lipinski definition) is 1. The standard InChI is InChI=1S/C24H24N4O4/c1-2-31-18-9-5-3-7-16(18)15-25-24(29)22-26-20-17-8-4-6-10-19(17)32-21(20)23(27-22)28-11-13-30-14-12-28/h3-10H,2,11-15H2,1H3,(H,25,29). The summed E-state index contributed by atoms with van der Waals surface area (Å²) in [6.07, 6.45) is 0. The smallest absolute Gasteiger partial charge is 0.289 e. The first kappa shape index (κ1) is 20.3. The number of aromatic nitrogens is 2. The summed E-state index contributed by atoms with van der Waals surface area (Å²) in [5.41, 5.74) is 2.84. The number of nitrogens with one attached hydrogen (secondary N) is 1. The van der Waals surface area contributed by atoms with Crippen molar-refractivity contribution in [2.24, 2.45) is 0 Å². The second kappa shape index (κ2) is 8.84. The predicted molar refractivity (Wildman–Crippen MR) is 121 cm³/mol. The van der Waals surface area contributed by atoms with E-state index in [1.54, 1.807) is 0 Å². The molecule has 3 heterocycles. The lowest BCUT2D eigenvalue weighted by Gasteiger charge is -2.27. The van der Waals surface area contributed by atoms with Crippen LogP contribution in [-0.4, -0.2) is 48.8 Å². The van der Waals surface area contributed by atoms with Gasteiger partial charge >= 0.3 is 0 Å². The molecular weight excluding hydrogens is 408 g/mol. The number of carbonyl (C=O) groups excluding carboxylic acids is 1. The number of benzene rings is 2. The SMILES string of the molecule is CCOc1ccccc1CNC(=O)c1nc(N2CCOCC2)c2oc3ccccc3c2n1. The molecule has 164 valence electrons. The quantitative estimate of drug-likeness (QED) is 0.498. The molecule has 2 aromatic heterocycles. The van der Waals surface area contributed by atoms with Crippen molar-refractivity contribution in [2.45, 2.75) is 13.5 Å². The lowest BCUT2D eigenvalue weighted by Crippen LogP contribution is -2.37. The van der Waals surface area contributed by atoms with Gasteiger partial charge in [-0.2, -0.15) is 0 Å². The summed E-state index contributed by atoms with van der Waals surface area (Å²) in [5, 5.41) is 3.79. The molecule has 0 bridgehead atoms. The summed E-state index contributed by atoms with van der Waals surface area (Å²) in [5.74, 6) is 1.13. The average Bonchev–Trinajstić information content (AvgIpc) is 3.22. The highest BCUT2D eigenvalue weighted by atomic mass is 16.5. The van der Waals surface area contributed by atoms with Gasteiger partial charge in [-0.05, 0) is 25.1 Å². The van der Waals surface area contributed by atoms with Crippen molar-refractivity contribution in [1.82, 2.24) is 15.3 Å². The summed E-state index contributed by atoms with van der Waals surface area (Å²) in [4.78, 5) is 24.4. The van der Waals surface area contributed by atoms with Gasteiger partial charge in [0.2, 0.25) is 5.82 Å². The molecule has 0 aliphatic carbocycles. The largest absolute Gasteiger partial charge is 0.494 e. The molecule has 1 amide bonds. The predicted octanol–water partition coefficient (Wildman–Crippen LogP) is 3.54. The van der Waals surface area contributed by atoms with E-state index < -0.39 is 0 Å². The molecule has 5 rings (SSSR count). The van der Waals surface area contributed by atoms with E-state index >= 15 is 0 Å². The van der Waals surface area contributed by atoms with Gasteiger partial charge in [0.05, 0.1) is 19.8 Å². The Morgan fingerprint density at radius 2 is 1.88 bits per heavy atom. The van der Waals surface area contributed by atoms with E-state index in [0.717, 1.165) is 22.3 Å². The summed E-state index contributed by atoms with van der Waals surface area (Å²) in [6.45, 7) is 5.35. The van der Waals surface area contributed by atoms with Crippen LogP contribution in [-0.2, 0) is 11.3 Å².